The fourth-order valence-electron chi connectivity index (χ4n) is 1.57. The molecule has 0 aromatic heterocycles. The van der Waals surface area contributed by atoms with Crippen molar-refractivity contribution < 1.29 is 9.47 Å². The third-order valence-corrected chi connectivity index (χ3v) is 2.97. The normalized spacial score (nSPS) is 10.3. The van der Waals surface area contributed by atoms with Gasteiger partial charge < -0.3 is 15.2 Å². The number of hydrogen-bond acceptors (Lipinski definition) is 3. The summed E-state index contributed by atoms with van der Waals surface area (Å²) in [6.07, 6.45) is 0. The number of nitrogen functional groups attached to an aromatic ring is 1. The fourth-order valence-corrected chi connectivity index (χ4v) is 2.02. The third-order valence-electron chi connectivity index (χ3n) is 2.44. The van der Waals surface area contributed by atoms with Crippen LogP contribution in [-0.2, 0) is 0 Å². The second-order valence-electron chi connectivity index (χ2n) is 3.78. The molecule has 0 fully saturated rings. The molecule has 0 aliphatic carbocycles. The van der Waals surface area contributed by atoms with E-state index in [9.17, 15) is 0 Å². The number of para-hydroxylation sites is 1. The molecule has 19 heavy (non-hydrogen) atoms. The molecule has 2 rings (SSSR count). The maximum Gasteiger partial charge on any atom is 0.154 e. The van der Waals surface area contributed by atoms with Crippen LogP contribution in [0.2, 0.25) is 10.0 Å². The zero-order valence-electron chi connectivity index (χ0n) is 10.3. The molecule has 0 bridgehead atoms. The van der Waals surface area contributed by atoms with Gasteiger partial charge in [0.2, 0.25) is 0 Å². The Labute approximate surface area is 121 Å². The van der Waals surface area contributed by atoms with E-state index in [1.807, 2.05) is 6.92 Å². The van der Waals surface area contributed by atoms with Gasteiger partial charge in [0.05, 0.1) is 11.6 Å². The van der Waals surface area contributed by atoms with Crippen LogP contribution in [0.15, 0.2) is 36.4 Å². The molecule has 0 amide bonds. The quantitative estimate of drug-likeness (QED) is 0.827. The number of halogens is 2. The van der Waals surface area contributed by atoms with Gasteiger partial charge in [-0.2, -0.15) is 0 Å². The van der Waals surface area contributed by atoms with Crippen LogP contribution in [0.1, 0.15) is 6.92 Å². The average Bonchev–Trinajstić information content (AvgIpc) is 2.37. The Morgan fingerprint density at radius 3 is 2.47 bits per heavy atom. The van der Waals surface area contributed by atoms with Crippen LogP contribution in [0, 0.1) is 0 Å². The number of rotatable bonds is 4. The van der Waals surface area contributed by atoms with E-state index < -0.39 is 0 Å². The highest BCUT2D eigenvalue weighted by molar-refractivity contribution is 6.35. The first-order valence-electron chi connectivity index (χ1n) is 5.76. The molecule has 3 nitrogen and oxygen atoms in total. The van der Waals surface area contributed by atoms with Gasteiger partial charge in [-0.15, -0.1) is 0 Å². The highest BCUT2D eigenvalue weighted by Crippen LogP contribution is 2.37. The van der Waals surface area contributed by atoms with E-state index in [1.54, 1.807) is 36.4 Å². The Morgan fingerprint density at radius 1 is 1.05 bits per heavy atom. The van der Waals surface area contributed by atoms with Crippen molar-refractivity contribution in [1.29, 1.82) is 0 Å². The zero-order chi connectivity index (χ0) is 13.8. The van der Waals surface area contributed by atoms with E-state index >= 15 is 0 Å². The Hall–Kier alpha value is -1.58. The Morgan fingerprint density at radius 2 is 1.79 bits per heavy atom. The second-order valence-corrected chi connectivity index (χ2v) is 4.62. The van der Waals surface area contributed by atoms with Crippen LogP contribution in [-0.4, -0.2) is 6.61 Å². The molecule has 0 aliphatic heterocycles. The monoisotopic (exact) mass is 297 g/mol. The minimum Gasteiger partial charge on any atom is -0.492 e. The maximum absolute atomic E-state index is 6.05. The van der Waals surface area contributed by atoms with E-state index in [-0.39, 0.29) is 0 Å². The minimum atomic E-state index is 0.425. The third kappa shape index (κ3) is 3.25. The lowest BCUT2D eigenvalue weighted by Crippen LogP contribution is -1.99. The smallest absolute Gasteiger partial charge is 0.154 e. The van der Waals surface area contributed by atoms with Gasteiger partial charge in [-0.3, -0.25) is 0 Å². The Kier molecular flexibility index (Phi) is 4.40. The largest absolute Gasteiger partial charge is 0.492 e. The molecule has 2 aromatic carbocycles. The van der Waals surface area contributed by atoms with Gasteiger partial charge >= 0.3 is 0 Å². The summed E-state index contributed by atoms with van der Waals surface area (Å²) in [6, 6.07) is 10.3. The number of hydrogen-bond donors (Lipinski definition) is 1. The lowest BCUT2D eigenvalue weighted by atomic mass is 10.2. The molecule has 0 heterocycles. The number of ether oxygens (including phenoxy) is 2. The summed E-state index contributed by atoms with van der Waals surface area (Å²) in [6.45, 7) is 2.43. The lowest BCUT2D eigenvalue weighted by molar-refractivity contribution is 0.340. The van der Waals surface area contributed by atoms with Crippen molar-refractivity contribution in [3.63, 3.8) is 0 Å². The van der Waals surface area contributed by atoms with Crippen molar-refractivity contribution in [3.8, 4) is 17.2 Å². The number of benzene rings is 2. The molecule has 0 saturated heterocycles. The van der Waals surface area contributed by atoms with Crippen LogP contribution in [0.4, 0.5) is 5.69 Å². The van der Waals surface area contributed by atoms with E-state index in [2.05, 4.69) is 0 Å². The molecular formula is C14H13Cl2NO2. The maximum atomic E-state index is 6.05. The van der Waals surface area contributed by atoms with Gasteiger partial charge in [-0.25, -0.2) is 0 Å². The van der Waals surface area contributed by atoms with Crippen molar-refractivity contribution in [1.82, 2.24) is 0 Å². The van der Waals surface area contributed by atoms with E-state index in [1.165, 1.54) is 0 Å². The summed E-state index contributed by atoms with van der Waals surface area (Å²) in [7, 11) is 0. The number of nitrogens with two attached hydrogens (primary N) is 1. The van der Waals surface area contributed by atoms with Crippen LogP contribution in [0.3, 0.4) is 0 Å². The van der Waals surface area contributed by atoms with Crippen LogP contribution in [0.5, 0.6) is 17.2 Å². The summed E-state index contributed by atoms with van der Waals surface area (Å²) in [5.74, 6) is 1.58. The van der Waals surface area contributed by atoms with E-state index in [0.29, 0.717) is 39.6 Å². The second kappa shape index (κ2) is 6.04. The molecular weight excluding hydrogens is 285 g/mol. The molecule has 0 unspecified atom stereocenters. The molecule has 2 aromatic rings. The highest BCUT2D eigenvalue weighted by Gasteiger charge is 2.10. The van der Waals surface area contributed by atoms with Gasteiger partial charge in [-0.05, 0) is 37.3 Å². The average molecular weight is 298 g/mol. The molecule has 2 N–H and O–H groups in total. The Bertz CT molecular complexity index is 588. The summed E-state index contributed by atoms with van der Waals surface area (Å²) < 4.78 is 11.1. The van der Waals surface area contributed by atoms with Crippen LogP contribution < -0.4 is 15.2 Å². The molecule has 0 radical (unpaired) electrons. The van der Waals surface area contributed by atoms with Crippen LogP contribution in [0.25, 0.3) is 0 Å². The first-order valence-corrected chi connectivity index (χ1v) is 6.51. The predicted molar refractivity (Wildman–Crippen MR) is 78.6 cm³/mol. The van der Waals surface area contributed by atoms with Crippen molar-refractivity contribution in [2.24, 2.45) is 0 Å². The first kappa shape index (κ1) is 13.8. The molecule has 0 spiro atoms. The summed E-state index contributed by atoms with van der Waals surface area (Å²) in [4.78, 5) is 0. The van der Waals surface area contributed by atoms with Crippen molar-refractivity contribution in [2.75, 3.05) is 12.3 Å². The Balaban J connectivity index is 2.30. The zero-order valence-corrected chi connectivity index (χ0v) is 11.8. The van der Waals surface area contributed by atoms with Gasteiger partial charge in [-0.1, -0.05) is 29.3 Å². The molecule has 0 aliphatic rings. The van der Waals surface area contributed by atoms with Crippen molar-refractivity contribution >= 4 is 28.9 Å². The van der Waals surface area contributed by atoms with Gasteiger partial charge in [0, 0.05) is 5.02 Å². The topological polar surface area (TPSA) is 44.5 Å². The molecule has 5 heteroatoms. The summed E-state index contributed by atoms with van der Waals surface area (Å²) in [5.41, 5.74) is 6.42. The summed E-state index contributed by atoms with van der Waals surface area (Å²) >= 11 is 11.9. The van der Waals surface area contributed by atoms with Crippen molar-refractivity contribution in [2.45, 2.75) is 6.92 Å². The van der Waals surface area contributed by atoms with Crippen molar-refractivity contribution in [3.05, 3.63) is 46.4 Å². The SMILES string of the molecule is CCOc1cccc(Oc2ccc(Cl)cc2Cl)c1N. The minimum absolute atomic E-state index is 0.425. The predicted octanol–water partition coefficient (Wildman–Crippen LogP) is 4.77. The fraction of sp³-hybridized carbons (Fsp3) is 0.143. The molecule has 0 saturated carbocycles. The van der Waals surface area contributed by atoms with Gasteiger partial charge in [0.15, 0.2) is 5.75 Å². The van der Waals surface area contributed by atoms with Gasteiger partial charge in [0.1, 0.15) is 17.2 Å². The number of anilines is 1. The standard InChI is InChI=1S/C14H13Cl2NO2/c1-2-18-12-4-3-5-13(14(12)17)19-11-7-6-9(15)8-10(11)16/h3-8H,2,17H2,1H3. The summed E-state index contributed by atoms with van der Waals surface area (Å²) in [5, 5.41) is 0.974. The van der Waals surface area contributed by atoms with Crippen LogP contribution >= 0.6 is 23.2 Å². The first-order chi connectivity index (χ1) is 9.11. The van der Waals surface area contributed by atoms with E-state index in [0.717, 1.165) is 0 Å². The lowest BCUT2D eigenvalue weighted by Gasteiger charge is -2.13. The highest BCUT2D eigenvalue weighted by atomic mass is 35.5. The molecule has 0 atom stereocenters. The molecule has 100 valence electrons. The van der Waals surface area contributed by atoms with E-state index in [4.69, 9.17) is 38.4 Å². The van der Waals surface area contributed by atoms with Gasteiger partial charge in [0.25, 0.3) is 0 Å².